The molecule has 33 heavy (non-hydrogen) atoms. The Morgan fingerprint density at radius 2 is 1.52 bits per heavy atom. The number of anilines is 1. The molecule has 7 heteroatoms. The monoisotopic (exact) mass is 460 g/mol. The zero-order chi connectivity index (χ0) is 23.3. The highest BCUT2D eigenvalue weighted by atomic mass is 32.2. The van der Waals surface area contributed by atoms with Crippen molar-refractivity contribution in [1.82, 2.24) is 5.32 Å². The second-order valence-corrected chi connectivity index (χ2v) is 9.47. The summed E-state index contributed by atoms with van der Waals surface area (Å²) < 4.78 is 32.2. The van der Waals surface area contributed by atoms with Gasteiger partial charge < -0.3 is 10.1 Å². The van der Waals surface area contributed by atoms with Crippen LogP contribution in [0, 0.1) is 0 Å². The number of hydrogen-bond donors (Lipinski definition) is 1. The molecule has 4 aromatic carbocycles. The summed E-state index contributed by atoms with van der Waals surface area (Å²) in [6, 6.07) is 29.6. The Morgan fingerprint density at radius 3 is 2.30 bits per heavy atom. The fourth-order valence-electron chi connectivity index (χ4n) is 3.57. The van der Waals surface area contributed by atoms with Crippen LogP contribution in [0.15, 0.2) is 97.1 Å². The third-order valence-corrected chi connectivity index (χ3v) is 6.27. The molecule has 0 saturated heterocycles. The van der Waals surface area contributed by atoms with Crippen LogP contribution in [0.25, 0.3) is 10.8 Å². The van der Waals surface area contributed by atoms with Gasteiger partial charge in [-0.2, -0.15) is 0 Å². The van der Waals surface area contributed by atoms with Crippen LogP contribution in [0.2, 0.25) is 0 Å². The molecule has 0 atom stereocenters. The van der Waals surface area contributed by atoms with Crippen molar-refractivity contribution in [2.75, 3.05) is 17.1 Å². The van der Waals surface area contributed by atoms with E-state index in [4.69, 9.17) is 4.74 Å². The van der Waals surface area contributed by atoms with Gasteiger partial charge in [-0.25, -0.2) is 8.42 Å². The molecular weight excluding hydrogens is 436 g/mol. The van der Waals surface area contributed by atoms with Crippen molar-refractivity contribution in [1.29, 1.82) is 0 Å². The van der Waals surface area contributed by atoms with Gasteiger partial charge in [0.1, 0.15) is 12.3 Å². The highest BCUT2D eigenvalue weighted by Gasteiger charge is 2.24. The number of nitrogens with zero attached hydrogens (tertiary/aromatic N) is 1. The quantitative estimate of drug-likeness (QED) is 0.413. The second kappa shape index (κ2) is 9.75. The van der Waals surface area contributed by atoms with E-state index in [1.807, 2.05) is 60.7 Å². The van der Waals surface area contributed by atoms with E-state index in [2.05, 4.69) is 5.32 Å². The predicted molar refractivity (Wildman–Crippen MR) is 131 cm³/mol. The molecular formula is C26H24N2O4S. The summed E-state index contributed by atoms with van der Waals surface area (Å²) in [4.78, 5) is 12.8. The van der Waals surface area contributed by atoms with Crippen molar-refractivity contribution in [3.05, 3.63) is 103 Å². The topological polar surface area (TPSA) is 75.7 Å². The summed E-state index contributed by atoms with van der Waals surface area (Å²) in [5.74, 6) is 0.498. The van der Waals surface area contributed by atoms with E-state index in [1.165, 1.54) is 0 Å². The van der Waals surface area contributed by atoms with Gasteiger partial charge in [0.2, 0.25) is 15.9 Å². The van der Waals surface area contributed by atoms with Crippen LogP contribution in [0.3, 0.4) is 0 Å². The molecule has 4 aromatic rings. The van der Waals surface area contributed by atoms with Gasteiger partial charge in [-0.1, -0.05) is 72.8 Å². The lowest BCUT2D eigenvalue weighted by Crippen LogP contribution is -2.40. The summed E-state index contributed by atoms with van der Waals surface area (Å²) in [6.07, 6.45) is 1.07. The van der Waals surface area contributed by atoms with Crippen LogP contribution in [0.1, 0.15) is 5.56 Å². The third-order valence-electron chi connectivity index (χ3n) is 5.15. The lowest BCUT2D eigenvalue weighted by atomic mass is 10.0. The van der Waals surface area contributed by atoms with Crippen LogP contribution >= 0.6 is 0 Å². The maximum Gasteiger partial charge on any atom is 0.241 e. The first-order valence-electron chi connectivity index (χ1n) is 10.4. The van der Waals surface area contributed by atoms with Gasteiger partial charge in [-0.3, -0.25) is 9.10 Å². The van der Waals surface area contributed by atoms with Gasteiger partial charge in [-0.15, -0.1) is 0 Å². The number of carbonyl (C=O) groups excluding carboxylic acids is 1. The normalized spacial score (nSPS) is 11.2. The average molecular weight is 461 g/mol. The Morgan fingerprint density at radius 1 is 0.848 bits per heavy atom. The maximum absolute atomic E-state index is 12.8. The van der Waals surface area contributed by atoms with Crippen molar-refractivity contribution < 1.29 is 17.9 Å². The summed E-state index contributed by atoms with van der Waals surface area (Å²) in [6.45, 7) is -0.0707. The summed E-state index contributed by atoms with van der Waals surface area (Å²) in [7, 11) is -3.75. The van der Waals surface area contributed by atoms with Crippen molar-refractivity contribution in [3.8, 4) is 11.5 Å². The lowest BCUT2D eigenvalue weighted by Gasteiger charge is -2.24. The molecule has 1 amide bonds. The van der Waals surface area contributed by atoms with Gasteiger partial charge in [0.05, 0.1) is 11.9 Å². The highest BCUT2D eigenvalue weighted by Crippen LogP contribution is 2.33. The molecule has 0 fully saturated rings. The van der Waals surface area contributed by atoms with E-state index >= 15 is 0 Å². The minimum absolute atomic E-state index is 0.292. The molecule has 0 unspecified atom stereocenters. The Kier molecular flexibility index (Phi) is 6.60. The predicted octanol–water partition coefficient (Wildman–Crippen LogP) is 4.71. The Balaban J connectivity index is 1.54. The first-order valence-corrected chi connectivity index (χ1v) is 12.3. The standard InChI is InChI=1S/C26H24N2O4S/c1-33(30,31)28(24-16-7-8-17-25(24)32-22-13-3-2-4-14-22)19-26(29)27-18-21-12-9-11-20-10-5-6-15-23(20)21/h2-17H,18-19H2,1H3,(H,27,29). The maximum atomic E-state index is 12.8. The first-order chi connectivity index (χ1) is 15.9. The number of sulfonamides is 1. The minimum Gasteiger partial charge on any atom is -0.455 e. The van der Waals surface area contributed by atoms with Crippen LogP contribution < -0.4 is 14.4 Å². The molecule has 0 heterocycles. The Labute approximate surface area is 193 Å². The number of amides is 1. The zero-order valence-electron chi connectivity index (χ0n) is 18.1. The van der Waals surface area contributed by atoms with Crippen LogP contribution in [-0.4, -0.2) is 27.1 Å². The first kappa shape index (κ1) is 22.4. The number of benzene rings is 4. The number of fused-ring (bicyclic) bond motifs is 1. The van der Waals surface area contributed by atoms with E-state index in [1.54, 1.807) is 36.4 Å². The molecule has 1 N–H and O–H groups in total. The van der Waals surface area contributed by atoms with E-state index in [0.717, 1.165) is 26.9 Å². The number of para-hydroxylation sites is 3. The molecule has 0 aliphatic heterocycles. The largest absolute Gasteiger partial charge is 0.455 e. The second-order valence-electron chi connectivity index (χ2n) is 7.57. The van der Waals surface area contributed by atoms with Gasteiger partial charge >= 0.3 is 0 Å². The highest BCUT2D eigenvalue weighted by molar-refractivity contribution is 7.92. The molecule has 0 radical (unpaired) electrons. The fourth-order valence-corrected chi connectivity index (χ4v) is 4.43. The Bertz CT molecular complexity index is 1370. The SMILES string of the molecule is CS(=O)(=O)N(CC(=O)NCc1cccc2ccccc12)c1ccccc1Oc1ccccc1. The minimum atomic E-state index is -3.75. The van der Waals surface area contributed by atoms with Crippen molar-refractivity contribution in [3.63, 3.8) is 0 Å². The van der Waals surface area contributed by atoms with Crippen LogP contribution in [0.5, 0.6) is 11.5 Å². The van der Waals surface area contributed by atoms with Crippen LogP contribution in [-0.2, 0) is 21.4 Å². The lowest BCUT2D eigenvalue weighted by molar-refractivity contribution is -0.119. The molecule has 6 nitrogen and oxygen atoms in total. The summed E-state index contributed by atoms with van der Waals surface area (Å²) in [5, 5.41) is 4.97. The molecule has 168 valence electrons. The molecule has 0 aromatic heterocycles. The molecule has 0 spiro atoms. The Hall–Kier alpha value is -3.84. The van der Waals surface area contributed by atoms with Gasteiger partial charge in [0.25, 0.3) is 0 Å². The molecule has 0 saturated carbocycles. The van der Waals surface area contributed by atoms with Crippen LogP contribution in [0.4, 0.5) is 5.69 Å². The molecule has 4 rings (SSSR count). The number of ether oxygens (including phenoxy) is 1. The van der Waals surface area contributed by atoms with Crippen molar-refractivity contribution in [2.45, 2.75) is 6.54 Å². The molecule has 0 aliphatic carbocycles. The summed E-state index contributed by atoms with van der Waals surface area (Å²) >= 11 is 0. The van der Waals surface area contributed by atoms with Gasteiger partial charge in [0.15, 0.2) is 5.75 Å². The van der Waals surface area contributed by atoms with Crippen molar-refractivity contribution in [2.24, 2.45) is 0 Å². The number of rotatable bonds is 8. The number of nitrogens with one attached hydrogen (secondary N) is 1. The van der Waals surface area contributed by atoms with E-state index in [0.29, 0.717) is 23.7 Å². The van der Waals surface area contributed by atoms with Crippen molar-refractivity contribution >= 4 is 32.4 Å². The van der Waals surface area contributed by atoms with Gasteiger partial charge in [0, 0.05) is 6.54 Å². The number of hydrogen-bond acceptors (Lipinski definition) is 4. The summed E-state index contributed by atoms with van der Waals surface area (Å²) in [5.41, 5.74) is 1.25. The smallest absolute Gasteiger partial charge is 0.241 e. The van der Waals surface area contributed by atoms with E-state index in [9.17, 15) is 13.2 Å². The van der Waals surface area contributed by atoms with E-state index < -0.39 is 15.9 Å². The molecule has 0 aliphatic rings. The van der Waals surface area contributed by atoms with Gasteiger partial charge in [-0.05, 0) is 40.6 Å². The third kappa shape index (κ3) is 5.51. The van der Waals surface area contributed by atoms with E-state index in [-0.39, 0.29) is 6.54 Å². The average Bonchev–Trinajstić information content (AvgIpc) is 2.82. The molecule has 0 bridgehead atoms. The fraction of sp³-hybridized carbons (Fsp3) is 0.115. The zero-order valence-corrected chi connectivity index (χ0v) is 19.0. The number of carbonyl (C=O) groups is 1.